The summed E-state index contributed by atoms with van der Waals surface area (Å²) in [6.45, 7) is 0.390. The Morgan fingerprint density at radius 2 is 2.60 bits per heavy atom. The lowest BCUT2D eigenvalue weighted by Crippen LogP contribution is -1.96. The third-order valence-corrected chi connectivity index (χ3v) is 1.86. The van der Waals surface area contributed by atoms with E-state index in [2.05, 4.69) is 9.82 Å². The predicted octanol–water partition coefficient (Wildman–Crippen LogP) is 0.542. The van der Waals surface area contributed by atoms with Crippen molar-refractivity contribution in [2.75, 3.05) is 7.11 Å². The number of hydrogen-bond acceptors (Lipinski definition) is 5. The lowest BCUT2D eigenvalue weighted by atomic mass is 10.6. The van der Waals surface area contributed by atoms with Crippen molar-refractivity contribution in [1.29, 1.82) is 0 Å². The van der Waals surface area contributed by atoms with Crippen LogP contribution in [0.1, 0.15) is 4.88 Å². The third kappa shape index (κ3) is 1.66. The summed E-state index contributed by atoms with van der Waals surface area (Å²) in [5, 5.41) is 0.632. The molecule has 0 atom stereocenters. The zero-order valence-corrected chi connectivity index (χ0v) is 6.35. The molecule has 0 saturated heterocycles. The molecule has 0 spiro atoms. The van der Waals surface area contributed by atoms with Crippen molar-refractivity contribution in [2.45, 2.75) is 6.61 Å². The number of nitrogens with two attached hydrogens (primary N) is 1. The van der Waals surface area contributed by atoms with Crippen LogP contribution in [0.15, 0.2) is 6.20 Å². The molecule has 1 rings (SSSR count). The minimum absolute atomic E-state index is 0.390. The molecule has 0 aliphatic carbocycles. The first-order valence-electron chi connectivity index (χ1n) is 2.67. The maximum absolute atomic E-state index is 4.85. The van der Waals surface area contributed by atoms with Crippen LogP contribution >= 0.6 is 11.3 Å². The maximum Gasteiger partial charge on any atom is 0.273 e. The summed E-state index contributed by atoms with van der Waals surface area (Å²) in [6.07, 6.45) is 1.68. The molecule has 0 unspecified atom stereocenters. The molecule has 1 aromatic rings. The molecule has 0 bridgehead atoms. The van der Waals surface area contributed by atoms with E-state index in [1.807, 2.05) is 0 Å². The topological polar surface area (TPSA) is 57.4 Å². The van der Waals surface area contributed by atoms with E-state index in [9.17, 15) is 0 Å². The van der Waals surface area contributed by atoms with Crippen molar-refractivity contribution < 1.29 is 9.57 Å². The molecule has 56 valence electrons. The Labute approximate surface area is 62.5 Å². The number of ether oxygens (including phenoxy) is 1. The van der Waals surface area contributed by atoms with Gasteiger partial charge in [0.25, 0.3) is 5.19 Å². The standard InChI is InChI=1S/C5H8N2O2S/c1-8-5-7-2-4(10-5)3-9-6/h2H,3,6H2,1H3. The molecule has 0 fully saturated rings. The summed E-state index contributed by atoms with van der Waals surface area (Å²) >= 11 is 1.42. The molecule has 0 saturated carbocycles. The van der Waals surface area contributed by atoms with Crippen LogP contribution in [0.4, 0.5) is 0 Å². The average Bonchev–Trinajstić information content (AvgIpc) is 2.37. The van der Waals surface area contributed by atoms with Gasteiger partial charge in [0, 0.05) is 6.20 Å². The van der Waals surface area contributed by atoms with Crippen molar-refractivity contribution in [2.24, 2.45) is 5.90 Å². The Morgan fingerprint density at radius 1 is 1.80 bits per heavy atom. The Bertz CT molecular complexity index is 201. The van der Waals surface area contributed by atoms with E-state index in [1.54, 1.807) is 13.3 Å². The molecule has 0 radical (unpaired) electrons. The lowest BCUT2D eigenvalue weighted by molar-refractivity contribution is 0.126. The molecule has 0 aliphatic rings. The summed E-state index contributed by atoms with van der Waals surface area (Å²) in [4.78, 5) is 9.27. The molecule has 4 nitrogen and oxygen atoms in total. The van der Waals surface area contributed by atoms with E-state index >= 15 is 0 Å². The summed E-state index contributed by atoms with van der Waals surface area (Å²) in [7, 11) is 1.58. The van der Waals surface area contributed by atoms with Gasteiger partial charge in [0.2, 0.25) is 0 Å². The zero-order chi connectivity index (χ0) is 7.40. The molecule has 5 heteroatoms. The first-order chi connectivity index (χ1) is 4.86. The van der Waals surface area contributed by atoms with Crippen LogP contribution < -0.4 is 10.6 Å². The van der Waals surface area contributed by atoms with E-state index in [0.29, 0.717) is 11.8 Å². The zero-order valence-electron chi connectivity index (χ0n) is 5.53. The predicted molar refractivity (Wildman–Crippen MR) is 37.6 cm³/mol. The van der Waals surface area contributed by atoms with Crippen LogP contribution in [0.25, 0.3) is 0 Å². The largest absolute Gasteiger partial charge is 0.473 e. The lowest BCUT2D eigenvalue weighted by Gasteiger charge is -1.89. The van der Waals surface area contributed by atoms with E-state index in [0.717, 1.165) is 4.88 Å². The van der Waals surface area contributed by atoms with Gasteiger partial charge in [-0.2, -0.15) is 0 Å². The summed E-state index contributed by atoms with van der Waals surface area (Å²) in [5.41, 5.74) is 0. The number of thiazole rings is 1. The molecule has 0 aromatic carbocycles. The van der Waals surface area contributed by atoms with Crippen LogP contribution in [-0.4, -0.2) is 12.1 Å². The van der Waals surface area contributed by atoms with E-state index < -0.39 is 0 Å². The van der Waals surface area contributed by atoms with Crippen LogP contribution in [-0.2, 0) is 11.4 Å². The Hall–Kier alpha value is -0.650. The fourth-order valence-electron chi connectivity index (χ4n) is 0.533. The first kappa shape index (κ1) is 7.46. The molecule has 0 aliphatic heterocycles. The van der Waals surface area contributed by atoms with Crippen molar-refractivity contribution >= 4 is 11.3 Å². The molecule has 10 heavy (non-hydrogen) atoms. The van der Waals surface area contributed by atoms with Crippen LogP contribution in [0, 0.1) is 0 Å². The average molecular weight is 160 g/mol. The van der Waals surface area contributed by atoms with Gasteiger partial charge in [0.1, 0.15) is 6.61 Å². The first-order valence-corrected chi connectivity index (χ1v) is 3.49. The SMILES string of the molecule is COc1ncc(CON)s1. The van der Waals surface area contributed by atoms with Gasteiger partial charge in [-0.15, -0.1) is 0 Å². The van der Waals surface area contributed by atoms with Crippen LogP contribution in [0.2, 0.25) is 0 Å². The second kappa shape index (κ2) is 3.50. The van der Waals surface area contributed by atoms with Gasteiger partial charge in [0.05, 0.1) is 12.0 Å². The number of rotatable bonds is 3. The van der Waals surface area contributed by atoms with E-state index in [1.165, 1.54) is 11.3 Å². The second-order valence-corrected chi connectivity index (χ2v) is 2.69. The normalized spacial score (nSPS) is 9.80. The fourth-order valence-corrected chi connectivity index (χ4v) is 1.18. The molecule has 1 heterocycles. The summed E-state index contributed by atoms with van der Waals surface area (Å²) < 4.78 is 4.85. The Morgan fingerprint density at radius 3 is 3.10 bits per heavy atom. The number of methoxy groups -OCH3 is 1. The number of hydrogen-bond donors (Lipinski definition) is 1. The van der Waals surface area contributed by atoms with Gasteiger partial charge in [-0.1, -0.05) is 11.3 Å². The monoisotopic (exact) mass is 160 g/mol. The van der Waals surface area contributed by atoms with E-state index in [-0.39, 0.29) is 0 Å². The number of aromatic nitrogens is 1. The van der Waals surface area contributed by atoms with Gasteiger partial charge in [-0.25, -0.2) is 10.9 Å². The summed E-state index contributed by atoms with van der Waals surface area (Å²) in [5.74, 6) is 4.85. The van der Waals surface area contributed by atoms with Crippen LogP contribution in [0.5, 0.6) is 5.19 Å². The molecule has 2 N–H and O–H groups in total. The minimum atomic E-state index is 0.390. The Kier molecular flexibility index (Phi) is 2.61. The highest BCUT2D eigenvalue weighted by Crippen LogP contribution is 2.19. The minimum Gasteiger partial charge on any atom is -0.473 e. The van der Waals surface area contributed by atoms with Gasteiger partial charge >= 0.3 is 0 Å². The van der Waals surface area contributed by atoms with Crippen molar-refractivity contribution in [3.63, 3.8) is 0 Å². The molecule has 1 aromatic heterocycles. The van der Waals surface area contributed by atoms with Crippen molar-refractivity contribution in [1.82, 2.24) is 4.98 Å². The highest BCUT2D eigenvalue weighted by molar-refractivity contribution is 7.13. The van der Waals surface area contributed by atoms with Crippen LogP contribution in [0.3, 0.4) is 0 Å². The van der Waals surface area contributed by atoms with Gasteiger partial charge in [0.15, 0.2) is 0 Å². The smallest absolute Gasteiger partial charge is 0.273 e. The Balaban J connectivity index is 2.59. The van der Waals surface area contributed by atoms with Crippen molar-refractivity contribution in [3.05, 3.63) is 11.1 Å². The summed E-state index contributed by atoms with van der Waals surface area (Å²) in [6, 6.07) is 0. The highest BCUT2D eigenvalue weighted by Gasteiger charge is 1.99. The quantitative estimate of drug-likeness (QED) is 0.656. The number of nitrogens with zero attached hydrogens (tertiary/aromatic N) is 1. The highest BCUT2D eigenvalue weighted by atomic mass is 32.1. The van der Waals surface area contributed by atoms with Crippen molar-refractivity contribution in [3.8, 4) is 5.19 Å². The van der Waals surface area contributed by atoms with E-state index in [4.69, 9.17) is 10.6 Å². The maximum atomic E-state index is 4.85. The molecule has 0 amide bonds. The fraction of sp³-hybridized carbons (Fsp3) is 0.400. The van der Waals surface area contributed by atoms with Gasteiger partial charge < -0.3 is 4.74 Å². The second-order valence-electron chi connectivity index (χ2n) is 1.61. The van der Waals surface area contributed by atoms with Gasteiger partial charge in [-0.05, 0) is 0 Å². The van der Waals surface area contributed by atoms with Gasteiger partial charge in [-0.3, -0.25) is 4.84 Å². The molecular formula is C5H8N2O2S. The molecular weight excluding hydrogens is 152 g/mol. The third-order valence-electron chi connectivity index (χ3n) is 0.933.